The van der Waals surface area contributed by atoms with E-state index in [1.54, 1.807) is 34.4 Å². The highest BCUT2D eigenvalue weighted by atomic mass is 32.2. The Bertz CT molecular complexity index is 1470. The van der Waals surface area contributed by atoms with Gasteiger partial charge in [-0.1, -0.05) is 18.2 Å². The second-order valence-electron chi connectivity index (χ2n) is 11.2. The second kappa shape index (κ2) is 13.5. The number of benzene rings is 1. The van der Waals surface area contributed by atoms with Crippen molar-refractivity contribution in [3.8, 4) is 0 Å². The van der Waals surface area contributed by atoms with Gasteiger partial charge in [0.15, 0.2) is 0 Å². The predicted octanol–water partition coefficient (Wildman–Crippen LogP) is 4.79. The Morgan fingerprint density at radius 1 is 1.07 bits per heavy atom. The van der Waals surface area contributed by atoms with Crippen LogP contribution in [-0.4, -0.2) is 69.7 Å². The summed E-state index contributed by atoms with van der Waals surface area (Å²) in [4.78, 5) is 41.0. The maximum absolute atomic E-state index is 12.9. The summed E-state index contributed by atoms with van der Waals surface area (Å²) in [6, 6.07) is 10.3. The Morgan fingerprint density at radius 2 is 1.76 bits per heavy atom. The molecule has 42 heavy (non-hydrogen) atoms. The Hall–Kier alpha value is -3.00. The Kier molecular flexibility index (Phi) is 10.3. The average molecular weight is 636 g/mol. The van der Waals surface area contributed by atoms with Gasteiger partial charge in [-0.3, -0.25) is 9.59 Å². The summed E-state index contributed by atoms with van der Waals surface area (Å²) in [5.74, 6) is -0.649. The molecule has 0 unspecified atom stereocenters. The van der Waals surface area contributed by atoms with Crippen molar-refractivity contribution in [2.24, 2.45) is 5.92 Å². The van der Waals surface area contributed by atoms with E-state index in [4.69, 9.17) is 9.47 Å². The minimum atomic E-state index is -3.99. The van der Waals surface area contributed by atoms with Gasteiger partial charge in [0.2, 0.25) is 10.0 Å². The maximum atomic E-state index is 12.9. The van der Waals surface area contributed by atoms with Crippen LogP contribution in [0.25, 0.3) is 9.40 Å². The summed E-state index contributed by atoms with van der Waals surface area (Å²) < 4.78 is 38.9. The number of aryl methyl sites for hydroxylation is 1. The highest BCUT2D eigenvalue weighted by molar-refractivity contribution is 7.89. The number of hydrogen-bond acceptors (Lipinski definition) is 9. The third-order valence-electron chi connectivity index (χ3n) is 6.86. The second-order valence-corrected chi connectivity index (χ2v) is 15.4. The first-order valence-corrected chi connectivity index (χ1v) is 16.9. The first-order chi connectivity index (χ1) is 19.8. The number of nitrogens with one attached hydrogen (secondary N) is 2. The predicted molar refractivity (Wildman–Crippen MR) is 163 cm³/mol. The first kappa shape index (κ1) is 31.9. The quantitative estimate of drug-likeness (QED) is 0.306. The lowest BCUT2D eigenvalue weighted by atomic mass is 9.92. The standard InChI is InChI=1S/C29H37N3O7S3/c1-29(2,3)39-28(35)32-14-12-19(13-15-32)10-11-21-16-20-17-24(41-27(20)40-21)25(33)30-18-23(26(34)38-4)31-42(36,37)22-8-6-5-7-9-22/h5-9,16-17,19,23,31H,10-15,18H2,1-4H3,(H,30,33)/t23-/m1/s1. The number of ether oxygens (including phenoxy) is 2. The van der Waals surface area contributed by atoms with E-state index in [0.29, 0.717) is 23.9 Å². The first-order valence-electron chi connectivity index (χ1n) is 13.8. The number of carbonyl (C=O) groups excluding carboxylic acids is 3. The minimum Gasteiger partial charge on any atom is -0.468 e. The highest BCUT2D eigenvalue weighted by Crippen LogP contribution is 2.35. The smallest absolute Gasteiger partial charge is 0.410 e. The van der Waals surface area contributed by atoms with Crippen LogP contribution in [0.15, 0.2) is 47.4 Å². The number of piperidine rings is 1. The summed E-state index contributed by atoms with van der Waals surface area (Å²) in [6.45, 7) is 6.78. The maximum Gasteiger partial charge on any atom is 0.410 e. The Balaban J connectivity index is 1.28. The minimum absolute atomic E-state index is 0.00536. The zero-order chi connectivity index (χ0) is 30.5. The van der Waals surface area contributed by atoms with E-state index in [9.17, 15) is 22.8 Å². The number of fused-ring (bicyclic) bond motifs is 1. The molecule has 0 bridgehead atoms. The molecule has 0 radical (unpaired) electrons. The van der Waals surface area contributed by atoms with Crippen LogP contribution in [-0.2, 0) is 30.7 Å². The zero-order valence-electron chi connectivity index (χ0n) is 24.2. The Morgan fingerprint density at radius 3 is 2.38 bits per heavy atom. The van der Waals surface area contributed by atoms with E-state index >= 15 is 0 Å². The van der Waals surface area contributed by atoms with Crippen molar-refractivity contribution in [2.75, 3.05) is 26.7 Å². The van der Waals surface area contributed by atoms with Gasteiger partial charge in [0, 0.05) is 29.9 Å². The number of amides is 2. The fourth-order valence-corrected chi connectivity index (χ4v) is 8.28. The molecule has 0 aliphatic carbocycles. The fourth-order valence-electron chi connectivity index (χ4n) is 4.66. The molecule has 2 amide bonds. The molecule has 3 heterocycles. The van der Waals surface area contributed by atoms with Crippen molar-refractivity contribution in [1.29, 1.82) is 0 Å². The van der Waals surface area contributed by atoms with Gasteiger partial charge in [-0.05, 0) is 76.6 Å². The monoisotopic (exact) mass is 635 g/mol. The van der Waals surface area contributed by atoms with Gasteiger partial charge in [-0.15, -0.1) is 22.7 Å². The largest absolute Gasteiger partial charge is 0.468 e. The van der Waals surface area contributed by atoms with Gasteiger partial charge in [-0.25, -0.2) is 13.2 Å². The number of thiophene rings is 2. The van der Waals surface area contributed by atoms with Gasteiger partial charge in [0.05, 0.1) is 20.9 Å². The molecule has 13 heteroatoms. The van der Waals surface area contributed by atoms with E-state index in [1.165, 1.54) is 28.3 Å². The van der Waals surface area contributed by atoms with Crippen LogP contribution in [0.1, 0.15) is 54.6 Å². The number of likely N-dealkylation sites (tertiary alicyclic amines) is 1. The van der Waals surface area contributed by atoms with Crippen molar-refractivity contribution in [1.82, 2.24) is 14.9 Å². The van der Waals surface area contributed by atoms with Gasteiger partial charge in [-0.2, -0.15) is 4.72 Å². The molecule has 1 atom stereocenters. The van der Waals surface area contributed by atoms with Gasteiger partial charge in [0.25, 0.3) is 5.91 Å². The molecule has 2 aromatic heterocycles. The molecule has 1 aliphatic heterocycles. The molecule has 0 spiro atoms. The fraction of sp³-hybridized carbons (Fsp3) is 0.483. The van der Waals surface area contributed by atoms with Crippen LogP contribution in [0, 0.1) is 5.92 Å². The highest BCUT2D eigenvalue weighted by Gasteiger charge is 2.28. The number of carbonyl (C=O) groups is 3. The van der Waals surface area contributed by atoms with Crippen LogP contribution >= 0.6 is 22.7 Å². The molecular formula is C29H37N3O7S3. The van der Waals surface area contributed by atoms with E-state index in [-0.39, 0.29) is 17.5 Å². The molecule has 1 aromatic carbocycles. The number of hydrogen-bond donors (Lipinski definition) is 2. The molecular weight excluding hydrogens is 599 g/mol. The van der Waals surface area contributed by atoms with Crippen molar-refractivity contribution in [3.63, 3.8) is 0 Å². The number of esters is 1. The zero-order valence-corrected chi connectivity index (χ0v) is 26.6. The molecule has 1 fully saturated rings. The van der Waals surface area contributed by atoms with Crippen LogP contribution in [0.5, 0.6) is 0 Å². The van der Waals surface area contributed by atoms with Crippen molar-refractivity contribution < 1.29 is 32.3 Å². The summed E-state index contributed by atoms with van der Waals surface area (Å²) in [5.41, 5.74) is -0.491. The SMILES string of the molecule is COC(=O)[C@@H](CNC(=O)c1cc2cc(CCC3CCN(C(=O)OC(C)(C)C)CC3)sc2s1)NS(=O)(=O)c1ccccc1. The summed E-state index contributed by atoms with van der Waals surface area (Å²) in [6.07, 6.45) is 3.65. The Labute approximate surface area is 254 Å². The molecule has 1 aliphatic rings. The van der Waals surface area contributed by atoms with E-state index in [2.05, 4.69) is 16.1 Å². The number of nitrogens with zero attached hydrogens (tertiary/aromatic N) is 1. The average Bonchev–Trinajstić information content (AvgIpc) is 3.52. The number of rotatable bonds is 10. The molecule has 4 rings (SSSR count). The van der Waals surface area contributed by atoms with Crippen LogP contribution in [0.3, 0.4) is 0 Å². The van der Waals surface area contributed by atoms with Gasteiger partial charge < -0.3 is 19.7 Å². The lowest BCUT2D eigenvalue weighted by Crippen LogP contribution is -2.48. The van der Waals surface area contributed by atoms with Crippen molar-refractivity contribution in [2.45, 2.75) is 63.0 Å². The third-order valence-corrected chi connectivity index (χ3v) is 10.8. The number of methoxy groups -OCH3 is 1. The molecule has 3 aromatic rings. The summed E-state index contributed by atoms with van der Waals surface area (Å²) >= 11 is 3.03. The van der Waals surface area contributed by atoms with Gasteiger partial charge >= 0.3 is 12.1 Å². The lowest BCUT2D eigenvalue weighted by molar-refractivity contribution is -0.142. The van der Waals surface area contributed by atoms with Crippen LogP contribution < -0.4 is 10.0 Å². The third kappa shape index (κ3) is 8.52. The molecule has 0 saturated carbocycles. The number of sulfonamides is 1. The van der Waals surface area contributed by atoms with Crippen molar-refractivity contribution in [3.05, 3.63) is 52.2 Å². The normalized spacial score (nSPS) is 15.4. The summed E-state index contributed by atoms with van der Waals surface area (Å²) in [5, 5.41) is 3.64. The van der Waals surface area contributed by atoms with Crippen molar-refractivity contribution >= 4 is 60.1 Å². The molecule has 2 N–H and O–H groups in total. The topological polar surface area (TPSA) is 131 Å². The van der Waals surface area contributed by atoms with Crippen LogP contribution in [0.2, 0.25) is 0 Å². The van der Waals surface area contributed by atoms with E-state index in [0.717, 1.165) is 42.2 Å². The summed E-state index contributed by atoms with van der Waals surface area (Å²) in [7, 11) is -2.83. The van der Waals surface area contributed by atoms with E-state index < -0.39 is 33.5 Å². The van der Waals surface area contributed by atoms with Crippen LogP contribution in [0.4, 0.5) is 4.79 Å². The van der Waals surface area contributed by atoms with E-state index in [1.807, 2.05) is 26.8 Å². The molecule has 228 valence electrons. The lowest BCUT2D eigenvalue weighted by Gasteiger charge is -2.33. The molecule has 1 saturated heterocycles. The molecule has 10 nitrogen and oxygen atoms in total. The van der Waals surface area contributed by atoms with Gasteiger partial charge in [0.1, 0.15) is 11.6 Å².